The quantitative estimate of drug-likeness (QED) is 0.298. The van der Waals surface area contributed by atoms with Crippen LogP contribution in [0.4, 0.5) is 5.69 Å². The van der Waals surface area contributed by atoms with Gasteiger partial charge in [0.25, 0.3) is 0 Å². The van der Waals surface area contributed by atoms with E-state index < -0.39 is 0 Å². The molecule has 5 rings (SSSR count). The summed E-state index contributed by atoms with van der Waals surface area (Å²) in [6.45, 7) is 4.25. The first-order chi connectivity index (χ1) is 14.3. The van der Waals surface area contributed by atoms with Gasteiger partial charge in [0, 0.05) is 18.5 Å². The van der Waals surface area contributed by atoms with Crippen LogP contribution in [0.25, 0.3) is 22.2 Å². The molecule has 0 unspecified atom stereocenters. The van der Waals surface area contributed by atoms with Crippen molar-refractivity contribution in [1.29, 1.82) is 0 Å². The van der Waals surface area contributed by atoms with E-state index in [4.69, 9.17) is 4.99 Å². The Morgan fingerprint density at radius 2 is 1.48 bits per heavy atom. The number of hydrogen-bond acceptors (Lipinski definition) is 1. The first-order valence-corrected chi connectivity index (χ1v) is 10.4. The number of aliphatic imine (C=N–C) groups is 1. The minimum absolute atomic E-state index is 0.988. The third kappa shape index (κ3) is 3.44. The molecule has 3 aromatic carbocycles. The number of para-hydroxylation sites is 1. The lowest BCUT2D eigenvalue weighted by atomic mass is 10.1. The molecule has 1 aliphatic rings. The fourth-order valence-corrected chi connectivity index (χ4v) is 4.17. The molecule has 4 aromatic rings. The first-order valence-electron chi connectivity index (χ1n) is 10.4. The molecule has 0 spiro atoms. The van der Waals surface area contributed by atoms with E-state index in [9.17, 15) is 0 Å². The smallest absolute Gasteiger partial charge is 0.211 e. The summed E-state index contributed by atoms with van der Waals surface area (Å²) in [5, 5.41) is 1.25. The van der Waals surface area contributed by atoms with Crippen molar-refractivity contribution < 1.29 is 0 Å². The summed E-state index contributed by atoms with van der Waals surface area (Å²) in [4.78, 5) is 7.58. The molecule has 1 fully saturated rings. The molecule has 0 N–H and O–H groups in total. The predicted molar refractivity (Wildman–Crippen MR) is 122 cm³/mol. The Hall–Kier alpha value is -3.33. The second kappa shape index (κ2) is 7.59. The van der Waals surface area contributed by atoms with Crippen molar-refractivity contribution in [1.82, 2.24) is 9.47 Å². The fraction of sp³-hybridized carbons (Fsp3) is 0.192. The van der Waals surface area contributed by atoms with Crippen LogP contribution in [0, 0.1) is 6.92 Å². The van der Waals surface area contributed by atoms with Gasteiger partial charge in [0.1, 0.15) is 0 Å². The van der Waals surface area contributed by atoms with Crippen LogP contribution in [-0.4, -0.2) is 28.5 Å². The topological polar surface area (TPSA) is 20.5 Å². The number of nitrogens with zero attached hydrogens (tertiary/aromatic N) is 3. The average Bonchev–Trinajstić information content (AvgIpc) is 3.41. The van der Waals surface area contributed by atoms with Gasteiger partial charge >= 0.3 is 0 Å². The molecule has 1 aromatic heterocycles. The molecular weight excluding hydrogens is 354 g/mol. The third-order valence-corrected chi connectivity index (χ3v) is 5.60. The summed E-state index contributed by atoms with van der Waals surface area (Å²) < 4.78 is 2.35. The van der Waals surface area contributed by atoms with Crippen LogP contribution in [0.5, 0.6) is 0 Å². The maximum absolute atomic E-state index is 5.15. The van der Waals surface area contributed by atoms with Crippen molar-refractivity contribution >= 4 is 22.5 Å². The number of aromatic nitrogens is 1. The Kier molecular flexibility index (Phi) is 4.65. The van der Waals surface area contributed by atoms with Gasteiger partial charge in [-0.05, 0) is 55.7 Å². The summed E-state index contributed by atoms with van der Waals surface area (Å²) >= 11 is 0. The minimum Gasteiger partial charge on any atom is -0.342 e. The van der Waals surface area contributed by atoms with Crippen LogP contribution in [0.3, 0.4) is 0 Å². The molecule has 3 heteroatoms. The van der Waals surface area contributed by atoms with Crippen LogP contribution in [0.15, 0.2) is 89.9 Å². The molecule has 3 nitrogen and oxygen atoms in total. The molecule has 144 valence electrons. The van der Waals surface area contributed by atoms with E-state index in [1.165, 1.54) is 40.6 Å². The monoisotopic (exact) mass is 379 g/mol. The van der Waals surface area contributed by atoms with Crippen LogP contribution in [-0.2, 0) is 0 Å². The molecule has 0 radical (unpaired) electrons. The van der Waals surface area contributed by atoms with Gasteiger partial charge in [0.15, 0.2) is 0 Å². The summed E-state index contributed by atoms with van der Waals surface area (Å²) in [6.07, 6.45) is 2.43. The van der Waals surface area contributed by atoms with Gasteiger partial charge < -0.3 is 4.90 Å². The molecule has 0 bridgehead atoms. The van der Waals surface area contributed by atoms with Crippen molar-refractivity contribution in [3.05, 3.63) is 90.5 Å². The Balaban J connectivity index is 1.79. The summed E-state index contributed by atoms with van der Waals surface area (Å²) in [7, 11) is 0. The van der Waals surface area contributed by atoms with Crippen molar-refractivity contribution in [2.75, 3.05) is 13.1 Å². The van der Waals surface area contributed by atoms with Gasteiger partial charge in [-0.1, -0.05) is 60.2 Å². The van der Waals surface area contributed by atoms with E-state index in [-0.39, 0.29) is 0 Å². The van der Waals surface area contributed by atoms with Crippen LogP contribution in [0.2, 0.25) is 0 Å². The summed E-state index contributed by atoms with van der Waals surface area (Å²) in [5.74, 6) is 1.02. The number of rotatable bonds is 2. The lowest BCUT2D eigenvalue weighted by Gasteiger charge is -2.24. The zero-order chi connectivity index (χ0) is 19.6. The first kappa shape index (κ1) is 17.7. The maximum atomic E-state index is 5.15. The van der Waals surface area contributed by atoms with E-state index in [0.29, 0.717) is 0 Å². The van der Waals surface area contributed by atoms with Gasteiger partial charge in [-0.25, -0.2) is 4.99 Å². The Morgan fingerprint density at radius 3 is 2.21 bits per heavy atom. The third-order valence-electron chi connectivity index (χ3n) is 5.60. The largest absolute Gasteiger partial charge is 0.342 e. The highest BCUT2D eigenvalue weighted by Crippen LogP contribution is 2.31. The van der Waals surface area contributed by atoms with E-state index in [1.807, 2.05) is 6.07 Å². The number of aryl methyl sites for hydroxylation is 1. The second-order valence-electron chi connectivity index (χ2n) is 7.73. The molecular formula is C26H25N3. The molecule has 1 aliphatic heterocycles. The SMILES string of the molecule is Cc1ccc2c(c1)cc(-c1ccccc1)n2C(=Nc1ccccc1)N1CCCC1. The molecule has 2 heterocycles. The zero-order valence-corrected chi connectivity index (χ0v) is 16.8. The van der Waals surface area contributed by atoms with Crippen molar-refractivity contribution in [2.45, 2.75) is 19.8 Å². The minimum atomic E-state index is 0.988. The van der Waals surface area contributed by atoms with Crippen molar-refractivity contribution in [2.24, 2.45) is 4.99 Å². The second-order valence-corrected chi connectivity index (χ2v) is 7.73. The van der Waals surface area contributed by atoms with Crippen molar-refractivity contribution in [3.8, 4) is 11.3 Å². The highest BCUT2D eigenvalue weighted by molar-refractivity contribution is 6.00. The Morgan fingerprint density at radius 1 is 0.793 bits per heavy atom. The normalized spacial score (nSPS) is 14.7. The molecule has 29 heavy (non-hydrogen) atoms. The number of fused-ring (bicyclic) bond motifs is 1. The van der Waals surface area contributed by atoms with Crippen LogP contribution in [0.1, 0.15) is 18.4 Å². The lowest BCUT2D eigenvalue weighted by molar-refractivity contribution is 0.503. The number of benzene rings is 3. The van der Waals surface area contributed by atoms with E-state index in [2.05, 4.69) is 95.3 Å². The standard InChI is InChI=1S/C26H25N3/c1-20-14-15-24-22(18-20)19-25(21-10-4-2-5-11-21)29(24)26(28-16-8-9-17-28)27-23-12-6-3-7-13-23/h2-7,10-15,18-19H,8-9,16-17H2,1H3. The molecule has 0 saturated carbocycles. The van der Waals surface area contributed by atoms with Gasteiger partial charge in [-0.3, -0.25) is 4.57 Å². The van der Waals surface area contributed by atoms with E-state index in [0.717, 1.165) is 24.7 Å². The highest BCUT2D eigenvalue weighted by atomic mass is 15.3. The average molecular weight is 380 g/mol. The van der Waals surface area contributed by atoms with Gasteiger partial charge in [-0.15, -0.1) is 0 Å². The summed E-state index contributed by atoms with van der Waals surface area (Å²) in [5.41, 5.74) is 5.87. The van der Waals surface area contributed by atoms with Crippen LogP contribution >= 0.6 is 0 Å². The predicted octanol–water partition coefficient (Wildman–Crippen LogP) is 6.25. The molecule has 0 atom stereocenters. The van der Waals surface area contributed by atoms with E-state index >= 15 is 0 Å². The Labute approximate surface area is 171 Å². The van der Waals surface area contributed by atoms with Crippen LogP contribution < -0.4 is 0 Å². The van der Waals surface area contributed by atoms with E-state index in [1.54, 1.807) is 0 Å². The highest BCUT2D eigenvalue weighted by Gasteiger charge is 2.23. The zero-order valence-electron chi connectivity index (χ0n) is 16.8. The Bertz CT molecular complexity index is 1150. The molecule has 1 saturated heterocycles. The van der Waals surface area contributed by atoms with Gasteiger partial charge in [-0.2, -0.15) is 0 Å². The maximum Gasteiger partial charge on any atom is 0.211 e. The molecule has 0 amide bonds. The van der Waals surface area contributed by atoms with Gasteiger partial charge in [0.05, 0.1) is 16.9 Å². The van der Waals surface area contributed by atoms with Crippen molar-refractivity contribution in [3.63, 3.8) is 0 Å². The number of hydrogen-bond donors (Lipinski definition) is 0. The fourth-order valence-electron chi connectivity index (χ4n) is 4.17. The lowest BCUT2D eigenvalue weighted by Crippen LogP contribution is -2.33. The molecule has 0 aliphatic carbocycles. The number of likely N-dealkylation sites (tertiary alicyclic amines) is 1. The summed E-state index contributed by atoms with van der Waals surface area (Å²) in [6, 6.07) is 29.9. The van der Waals surface area contributed by atoms with Gasteiger partial charge in [0.2, 0.25) is 5.96 Å².